The van der Waals surface area contributed by atoms with Gasteiger partial charge in [0.1, 0.15) is 5.82 Å². The number of carbonyl (C=O) groups excluding carboxylic acids is 1. The first-order chi connectivity index (χ1) is 9.08. The highest BCUT2D eigenvalue weighted by Crippen LogP contribution is 2.14. The Kier molecular flexibility index (Phi) is 4.10. The molecule has 2 aromatic rings. The molecule has 0 heterocycles. The van der Waals surface area contributed by atoms with Crippen molar-refractivity contribution in [2.75, 3.05) is 0 Å². The van der Waals surface area contributed by atoms with Gasteiger partial charge >= 0.3 is 0 Å². The van der Waals surface area contributed by atoms with E-state index in [0.717, 1.165) is 5.56 Å². The SMILES string of the molecule is Cc1ccc(CCC(=O)c2ccccc2F)cc1C. The summed E-state index contributed by atoms with van der Waals surface area (Å²) in [6, 6.07) is 12.3. The molecule has 98 valence electrons. The second-order valence-electron chi connectivity index (χ2n) is 4.82. The molecule has 0 unspecified atom stereocenters. The number of ketones is 1. The van der Waals surface area contributed by atoms with Crippen LogP contribution in [0, 0.1) is 19.7 Å². The highest BCUT2D eigenvalue weighted by Gasteiger charge is 2.10. The van der Waals surface area contributed by atoms with E-state index in [9.17, 15) is 9.18 Å². The quantitative estimate of drug-likeness (QED) is 0.747. The summed E-state index contributed by atoms with van der Waals surface area (Å²) in [5.41, 5.74) is 3.76. The third kappa shape index (κ3) is 3.28. The van der Waals surface area contributed by atoms with Crippen molar-refractivity contribution in [2.24, 2.45) is 0 Å². The summed E-state index contributed by atoms with van der Waals surface area (Å²) in [6.45, 7) is 4.11. The van der Waals surface area contributed by atoms with Gasteiger partial charge in [-0.05, 0) is 49.1 Å². The lowest BCUT2D eigenvalue weighted by molar-refractivity contribution is 0.0979. The molecule has 1 nitrogen and oxygen atoms in total. The molecule has 19 heavy (non-hydrogen) atoms. The number of aryl methyl sites for hydroxylation is 3. The number of rotatable bonds is 4. The van der Waals surface area contributed by atoms with Gasteiger partial charge in [-0.25, -0.2) is 4.39 Å². The van der Waals surface area contributed by atoms with Crippen LogP contribution in [-0.4, -0.2) is 5.78 Å². The normalized spacial score (nSPS) is 10.5. The van der Waals surface area contributed by atoms with Crippen LogP contribution in [0.4, 0.5) is 4.39 Å². The van der Waals surface area contributed by atoms with Crippen LogP contribution in [0.25, 0.3) is 0 Å². The van der Waals surface area contributed by atoms with Crippen LogP contribution >= 0.6 is 0 Å². The molecule has 0 saturated heterocycles. The van der Waals surface area contributed by atoms with Crippen LogP contribution < -0.4 is 0 Å². The Bertz CT molecular complexity index is 602. The summed E-state index contributed by atoms with van der Waals surface area (Å²) in [5, 5.41) is 0. The van der Waals surface area contributed by atoms with Gasteiger partial charge in [0.25, 0.3) is 0 Å². The van der Waals surface area contributed by atoms with E-state index in [2.05, 4.69) is 26.0 Å². The summed E-state index contributed by atoms with van der Waals surface area (Å²) >= 11 is 0. The zero-order valence-corrected chi connectivity index (χ0v) is 11.2. The van der Waals surface area contributed by atoms with Crippen LogP contribution in [0.5, 0.6) is 0 Å². The first kappa shape index (κ1) is 13.5. The molecule has 0 aliphatic rings. The first-order valence-corrected chi connectivity index (χ1v) is 6.42. The average molecular weight is 256 g/mol. The lowest BCUT2D eigenvalue weighted by Crippen LogP contribution is -2.04. The average Bonchev–Trinajstić information content (AvgIpc) is 2.40. The van der Waals surface area contributed by atoms with Gasteiger partial charge in [0, 0.05) is 6.42 Å². The number of Topliss-reactive ketones (excluding diaryl/α,β-unsaturated/α-hetero) is 1. The topological polar surface area (TPSA) is 17.1 Å². The van der Waals surface area contributed by atoms with Gasteiger partial charge in [-0.15, -0.1) is 0 Å². The van der Waals surface area contributed by atoms with Crippen molar-refractivity contribution in [2.45, 2.75) is 26.7 Å². The minimum Gasteiger partial charge on any atom is -0.294 e. The molecule has 0 N–H and O–H groups in total. The van der Waals surface area contributed by atoms with Crippen molar-refractivity contribution < 1.29 is 9.18 Å². The molecule has 2 rings (SSSR count). The minimum atomic E-state index is -0.437. The summed E-state index contributed by atoms with van der Waals surface area (Å²) in [4.78, 5) is 12.0. The van der Waals surface area contributed by atoms with Gasteiger partial charge in [0.05, 0.1) is 5.56 Å². The molecule has 0 aliphatic heterocycles. The Labute approximate surface area is 113 Å². The molecule has 0 fully saturated rings. The van der Waals surface area contributed by atoms with Gasteiger partial charge < -0.3 is 0 Å². The van der Waals surface area contributed by atoms with E-state index in [1.54, 1.807) is 12.1 Å². The third-order valence-corrected chi connectivity index (χ3v) is 3.39. The molecule has 0 radical (unpaired) electrons. The number of halogens is 1. The molecule has 0 aliphatic carbocycles. The minimum absolute atomic E-state index is 0.142. The summed E-state index contributed by atoms with van der Waals surface area (Å²) < 4.78 is 13.5. The Balaban J connectivity index is 2.04. The van der Waals surface area contributed by atoms with E-state index in [1.165, 1.54) is 23.3 Å². The Hall–Kier alpha value is -1.96. The highest BCUT2D eigenvalue weighted by atomic mass is 19.1. The second-order valence-corrected chi connectivity index (χ2v) is 4.82. The Morgan fingerprint density at radius 1 is 1.05 bits per heavy atom. The predicted octanol–water partition coefficient (Wildman–Crippen LogP) is 4.26. The number of hydrogen-bond donors (Lipinski definition) is 0. The van der Waals surface area contributed by atoms with Crippen LogP contribution in [0.1, 0.15) is 33.5 Å². The smallest absolute Gasteiger partial charge is 0.166 e. The Morgan fingerprint density at radius 2 is 1.79 bits per heavy atom. The molecule has 0 bridgehead atoms. The molecule has 2 aromatic carbocycles. The van der Waals surface area contributed by atoms with Gasteiger partial charge in [-0.2, -0.15) is 0 Å². The molecule has 0 saturated carbocycles. The van der Waals surface area contributed by atoms with Crippen LogP contribution in [0.15, 0.2) is 42.5 Å². The summed E-state index contributed by atoms with van der Waals surface area (Å²) in [5.74, 6) is -0.580. The zero-order chi connectivity index (χ0) is 13.8. The molecular formula is C17H17FO. The van der Waals surface area contributed by atoms with E-state index < -0.39 is 5.82 Å². The monoisotopic (exact) mass is 256 g/mol. The van der Waals surface area contributed by atoms with Crippen molar-refractivity contribution in [1.82, 2.24) is 0 Å². The fourth-order valence-electron chi connectivity index (χ4n) is 2.04. The van der Waals surface area contributed by atoms with Crippen molar-refractivity contribution in [1.29, 1.82) is 0 Å². The highest BCUT2D eigenvalue weighted by molar-refractivity contribution is 5.96. The van der Waals surface area contributed by atoms with Crippen molar-refractivity contribution >= 4 is 5.78 Å². The molecule has 0 atom stereocenters. The standard InChI is InChI=1S/C17H17FO/c1-12-7-8-14(11-13(12)2)9-10-17(19)15-5-3-4-6-16(15)18/h3-8,11H,9-10H2,1-2H3. The second kappa shape index (κ2) is 5.79. The fourth-order valence-corrected chi connectivity index (χ4v) is 2.04. The van der Waals surface area contributed by atoms with Gasteiger partial charge in [0.15, 0.2) is 5.78 Å². The first-order valence-electron chi connectivity index (χ1n) is 6.42. The van der Waals surface area contributed by atoms with Gasteiger partial charge in [-0.3, -0.25) is 4.79 Å². The third-order valence-electron chi connectivity index (χ3n) is 3.39. The van der Waals surface area contributed by atoms with Crippen LogP contribution in [-0.2, 0) is 6.42 Å². The fraction of sp³-hybridized carbons (Fsp3) is 0.235. The van der Waals surface area contributed by atoms with Crippen molar-refractivity contribution in [3.63, 3.8) is 0 Å². The largest absolute Gasteiger partial charge is 0.294 e. The molecule has 0 spiro atoms. The summed E-state index contributed by atoms with van der Waals surface area (Å²) in [7, 11) is 0. The van der Waals surface area contributed by atoms with Crippen molar-refractivity contribution in [3.05, 3.63) is 70.5 Å². The molecule has 0 aromatic heterocycles. The lowest BCUT2D eigenvalue weighted by Gasteiger charge is -2.05. The lowest BCUT2D eigenvalue weighted by atomic mass is 9.99. The van der Waals surface area contributed by atoms with E-state index in [4.69, 9.17) is 0 Å². The van der Waals surface area contributed by atoms with E-state index in [0.29, 0.717) is 12.8 Å². The van der Waals surface area contributed by atoms with E-state index >= 15 is 0 Å². The maximum atomic E-state index is 13.5. The zero-order valence-electron chi connectivity index (χ0n) is 11.2. The predicted molar refractivity (Wildman–Crippen MR) is 75.0 cm³/mol. The van der Waals surface area contributed by atoms with E-state index in [1.807, 2.05) is 6.07 Å². The molecule has 0 amide bonds. The number of carbonyl (C=O) groups is 1. The van der Waals surface area contributed by atoms with Crippen LogP contribution in [0.3, 0.4) is 0 Å². The van der Waals surface area contributed by atoms with Crippen LogP contribution in [0.2, 0.25) is 0 Å². The number of hydrogen-bond acceptors (Lipinski definition) is 1. The maximum Gasteiger partial charge on any atom is 0.166 e. The van der Waals surface area contributed by atoms with E-state index in [-0.39, 0.29) is 11.3 Å². The van der Waals surface area contributed by atoms with Gasteiger partial charge in [0.2, 0.25) is 0 Å². The molecular weight excluding hydrogens is 239 g/mol. The maximum absolute atomic E-state index is 13.5. The Morgan fingerprint density at radius 3 is 2.47 bits per heavy atom. The number of benzene rings is 2. The molecule has 2 heteroatoms. The van der Waals surface area contributed by atoms with Crippen molar-refractivity contribution in [3.8, 4) is 0 Å². The summed E-state index contributed by atoms with van der Waals surface area (Å²) in [6.07, 6.45) is 0.984. The van der Waals surface area contributed by atoms with Gasteiger partial charge in [-0.1, -0.05) is 30.3 Å².